The van der Waals surface area contributed by atoms with Crippen molar-refractivity contribution in [2.75, 3.05) is 13.2 Å². The number of ether oxygens (including phenoxy) is 2. The van der Waals surface area contributed by atoms with Crippen molar-refractivity contribution in [3.8, 4) is 11.5 Å². The quantitative estimate of drug-likeness (QED) is 0.873. The largest absolute Gasteiger partial charge is 0.489 e. The van der Waals surface area contributed by atoms with E-state index >= 15 is 0 Å². The van der Waals surface area contributed by atoms with Gasteiger partial charge in [-0.25, -0.2) is 0 Å². The third kappa shape index (κ3) is 2.39. The zero-order valence-electron chi connectivity index (χ0n) is 12.8. The van der Waals surface area contributed by atoms with Gasteiger partial charge in [-0.15, -0.1) is 0 Å². The summed E-state index contributed by atoms with van der Waals surface area (Å²) in [5.41, 5.74) is 1.11. The van der Waals surface area contributed by atoms with Crippen LogP contribution in [-0.4, -0.2) is 24.3 Å². The highest BCUT2D eigenvalue weighted by Gasteiger charge is 2.45. The predicted octanol–water partition coefficient (Wildman–Crippen LogP) is 4.07. The molecule has 4 nitrogen and oxygen atoms in total. The molecule has 1 saturated carbocycles. The van der Waals surface area contributed by atoms with Crippen molar-refractivity contribution >= 4 is 21.9 Å². The first-order chi connectivity index (χ1) is 10.6. The number of fused-ring (bicyclic) bond motifs is 1. The highest BCUT2D eigenvalue weighted by Crippen LogP contribution is 2.50. The minimum absolute atomic E-state index is 0.607. The molecule has 0 unspecified atom stereocenters. The fourth-order valence-electron chi connectivity index (χ4n) is 3.70. The van der Waals surface area contributed by atoms with Crippen molar-refractivity contribution in [2.45, 2.75) is 50.9 Å². The van der Waals surface area contributed by atoms with E-state index in [1.165, 1.54) is 0 Å². The van der Waals surface area contributed by atoms with Gasteiger partial charge < -0.3 is 14.6 Å². The molecule has 1 N–H and O–H groups in total. The number of aliphatic carboxylic acids is 1. The fraction of sp³-hybridized carbons (Fsp3) is 0.588. The van der Waals surface area contributed by atoms with E-state index in [1.807, 2.05) is 13.0 Å². The van der Waals surface area contributed by atoms with Crippen LogP contribution in [0, 0.1) is 0 Å². The van der Waals surface area contributed by atoms with Crippen LogP contribution in [0.4, 0.5) is 0 Å². The molecule has 0 aromatic heterocycles. The number of hydrogen-bond donors (Lipinski definition) is 1. The minimum atomic E-state index is -0.779. The van der Waals surface area contributed by atoms with Crippen LogP contribution in [0.2, 0.25) is 0 Å². The van der Waals surface area contributed by atoms with Crippen LogP contribution >= 0.6 is 15.9 Å². The van der Waals surface area contributed by atoms with Crippen LogP contribution in [0.15, 0.2) is 10.5 Å². The molecular formula is C17H21BrO4. The van der Waals surface area contributed by atoms with Crippen LogP contribution in [0.25, 0.3) is 0 Å². The first kappa shape index (κ1) is 15.7. The van der Waals surface area contributed by atoms with Gasteiger partial charge in [0.05, 0.1) is 23.1 Å². The maximum atomic E-state index is 12.1. The number of carbonyl (C=O) groups is 1. The Bertz CT molecular complexity index is 591. The number of halogens is 1. The number of carboxylic acid groups (broad SMARTS) is 1. The van der Waals surface area contributed by atoms with Gasteiger partial charge in [0, 0.05) is 12.0 Å². The summed E-state index contributed by atoms with van der Waals surface area (Å²) in [4.78, 5) is 12.1. The molecule has 2 aliphatic rings. The summed E-state index contributed by atoms with van der Waals surface area (Å²) >= 11 is 3.55. The Morgan fingerprint density at radius 2 is 1.86 bits per heavy atom. The zero-order chi connectivity index (χ0) is 15.7. The molecule has 0 bridgehead atoms. The normalized spacial score (nSPS) is 19.7. The lowest BCUT2D eigenvalue weighted by atomic mass is 9.76. The molecule has 0 atom stereocenters. The Balaban J connectivity index is 2.22. The number of hydrogen-bond acceptors (Lipinski definition) is 3. The van der Waals surface area contributed by atoms with E-state index in [0.717, 1.165) is 52.8 Å². The number of benzene rings is 1. The van der Waals surface area contributed by atoms with Crippen molar-refractivity contribution in [3.63, 3.8) is 0 Å². The lowest BCUT2D eigenvalue weighted by Gasteiger charge is -2.29. The Morgan fingerprint density at radius 1 is 1.23 bits per heavy atom. The first-order valence-electron chi connectivity index (χ1n) is 7.95. The summed E-state index contributed by atoms with van der Waals surface area (Å²) in [6, 6.07) is 1.95. The van der Waals surface area contributed by atoms with Gasteiger partial charge in [-0.05, 0) is 46.8 Å². The maximum Gasteiger partial charge on any atom is 0.314 e. The molecule has 1 aliphatic carbocycles. The van der Waals surface area contributed by atoms with E-state index in [1.54, 1.807) is 0 Å². The van der Waals surface area contributed by atoms with Crippen LogP contribution in [0.3, 0.4) is 0 Å². The fourth-order valence-corrected chi connectivity index (χ4v) is 4.22. The Labute approximate surface area is 138 Å². The van der Waals surface area contributed by atoms with E-state index in [-0.39, 0.29) is 0 Å². The standard InChI is InChI=1S/C17H21BrO4/c1-2-11-12(17(16(19)20)6-3-4-7-17)10-13(18)15-14(11)21-8-5-9-22-15/h10H,2-9H2,1H3,(H,19,20). The molecule has 22 heavy (non-hydrogen) atoms. The Morgan fingerprint density at radius 3 is 2.45 bits per heavy atom. The topological polar surface area (TPSA) is 55.8 Å². The monoisotopic (exact) mass is 368 g/mol. The molecular weight excluding hydrogens is 348 g/mol. The van der Waals surface area contributed by atoms with Crippen molar-refractivity contribution in [1.29, 1.82) is 0 Å². The summed E-state index contributed by atoms with van der Waals surface area (Å²) in [6.45, 7) is 3.28. The Hall–Kier alpha value is -1.23. The number of carboxylic acids is 1. The maximum absolute atomic E-state index is 12.1. The second kappa shape index (κ2) is 6.11. The van der Waals surface area contributed by atoms with Gasteiger partial charge in [-0.2, -0.15) is 0 Å². The van der Waals surface area contributed by atoms with Crippen molar-refractivity contribution < 1.29 is 19.4 Å². The van der Waals surface area contributed by atoms with E-state index in [2.05, 4.69) is 15.9 Å². The third-order valence-corrected chi connectivity index (χ3v) is 5.40. The van der Waals surface area contributed by atoms with Crippen molar-refractivity contribution in [1.82, 2.24) is 0 Å². The molecule has 0 saturated heterocycles. The molecule has 3 rings (SSSR count). The smallest absolute Gasteiger partial charge is 0.314 e. The van der Waals surface area contributed by atoms with E-state index in [0.29, 0.717) is 26.1 Å². The summed E-state index contributed by atoms with van der Waals surface area (Å²) in [6.07, 6.45) is 4.89. The second-order valence-electron chi connectivity index (χ2n) is 6.04. The van der Waals surface area contributed by atoms with Crippen LogP contribution in [0.1, 0.15) is 50.2 Å². The summed E-state index contributed by atoms with van der Waals surface area (Å²) in [5, 5.41) is 9.90. The molecule has 0 amide bonds. The summed E-state index contributed by atoms with van der Waals surface area (Å²) in [5.74, 6) is 0.731. The van der Waals surface area contributed by atoms with Gasteiger partial charge in [0.1, 0.15) is 0 Å². The molecule has 1 fully saturated rings. The predicted molar refractivity (Wildman–Crippen MR) is 86.9 cm³/mol. The third-order valence-electron chi connectivity index (χ3n) is 4.81. The van der Waals surface area contributed by atoms with Crippen LogP contribution in [0.5, 0.6) is 11.5 Å². The molecule has 1 aromatic carbocycles. The average Bonchev–Trinajstić information content (AvgIpc) is 2.87. The lowest BCUT2D eigenvalue weighted by Crippen LogP contribution is -2.34. The van der Waals surface area contributed by atoms with Gasteiger partial charge in [0.25, 0.3) is 0 Å². The van der Waals surface area contributed by atoms with Gasteiger partial charge in [-0.3, -0.25) is 4.79 Å². The van der Waals surface area contributed by atoms with Crippen LogP contribution in [-0.2, 0) is 16.6 Å². The first-order valence-corrected chi connectivity index (χ1v) is 8.74. The summed E-state index contributed by atoms with van der Waals surface area (Å²) < 4.78 is 12.5. The highest BCUT2D eigenvalue weighted by molar-refractivity contribution is 9.10. The zero-order valence-corrected chi connectivity index (χ0v) is 14.4. The van der Waals surface area contributed by atoms with E-state index < -0.39 is 11.4 Å². The molecule has 1 heterocycles. The van der Waals surface area contributed by atoms with Gasteiger partial charge in [0.15, 0.2) is 11.5 Å². The van der Waals surface area contributed by atoms with Crippen molar-refractivity contribution in [2.24, 2.45) is 0 Å². The SMILES string of the molecule is CCc1c(C2(C(=O)O)CCCC2)cc(Br)c2c1OCCCO2. The summed E-state index contributed by atoms with van der Waals surface area (Å²) in [7, 11) is 0. The molecule has 0 spiro atoms. The van der Waals surface area contributed by atoms with Gasteiger partial charge >= 0.3 is 5.97 Å². The molecule has 5 heteroatoms. The Kier molecular flexibility index (Phi) is 4.35. The minimum Gasteiger partial charge on any atom is -0.489 e. The van der Waals surface area contributed by atoms with E-state index in [9.17, 15) is 9.90 Å². The number of rotatable bonds is 3. The van der Waals surface area contributed by atoms with Crippen molar-refractivity contribution in [3.05, 3.63) is 21.7 Å². The molecule has 1 aromatic rings. The van der Waals surface area contributed by atoms with E-state index in [4.69, 9.17) is 9.47 Å². The lowest BCUT2D eigenvalue weighted by molar-refractivity contribution is -0.143. The van der Waals surface area contributed by atoms with Crippen LogP contribution < -0.4 is 9.47 Å². The van der Waals surface area contributed by atoms with Gasteiger partial charge in [-0.1, -0.05) is 19.8 Å². The molecule has 120 valence electrons. The van der Waals surface area contributed by atoms with Gasteiger partial charge in [0.2, 0.25) is 0 Å². The molecule has 0 radical (unpaired) electrons. The highest BCUT2D eigenvalue weighted by atomic mass is 79.9. The average molecular weight is 369 g/mol. The molecule has 1 aliphatic heterocycles. The second-order valence-corrected chi connectivity index (χ2v) is 6.90.